The third-order valence-corrected chi connectivity index (χ3v) is 2.74. The zero-order valence-corrected chi connectivity index (χ0v) is 9.28. The highest BCUT2D eigenvalue weighted by atomic mass is 19.4. The topological polar surface area (TPSA) is 56.7 Å². The van der Waals surface area contributed by atoms with Gasteiger partial charge in [0.1, 0.15) is 11.3 Å². The first-order valence-electron chi connectivity index (χ1n) is 4.87. The van der Waals surface area contributed by atoms with Crippen molar-refractivity contribution in [2.75, 3.05) is 0 Å². The van der Waals surface area contributed by atoms with Crippen molar-refractivity contribution in [3.8, 4) is 0 Å². The maximum atomic E-state index is 12.8. The van der Waals surface area contributed by atoms with Crippen LogP contribution in [0.4, 0.5) is 13.2 Å². The number of rotatable bonds is 1. The predicted octanol–water partition coefficient (Wildman–Crippen LogP) is 1.70. The molecule has 0 aliphatic carbocycles. The Kier molecular flexibility index (Phi) is 2.39. The standard InChI is InChI=1S/C10H11F3N4/c1-9(14,10(11,12)13)8-16-6-5-15-4-3-7(6)17(8)2/h3-5H,14H2,1-2H3. The minimum Gasteiger partial charge on any atom is -0.329 e. The molecule has 0 amide bonds. The highest BCUT2D eigenvalue weighted by Crippen LogP contribution is 2.36. The molecule has 4 nitrogen and oxygen atoms in total. The van der Waals surface area contributed by atoms with Gasteiger partial charge in [-0.05, 0) is 13.0 Å². The van der Waals surface area contributed by atoms with Gasteiger partial charge in [0.2, 0.25) is 0 Å². The Bertz CT molecular complexity index is 556. The minimum absolute atomic E-state index is 0.229. The van der Waals surface area contributed by atoms with Gasteiger partial charge in [0, 0.05) is 13.2 Å². The normalized spacial score (nSPS) is 16.1. The average Bonchev–Trinajstić information content (AvgIpc) is 2.56. The van der Waals surface area contributed by atoms with E-state index >= 15 is 0 Å². The quantitative estimate of drug-likeness (QED) is 0.830. The molecule has 2 rings (SSSR count). The summed E-state index contributed by atoms with van der Waals surface area (Å²) in [5.41, 5.74) is 3.83. The van der Waals surface area contributed by atoms with Crippen molar-refractivity contribution < 1.29 is 13.2 Å². The number of halogens is 3. The number of hydrogen-bond donors (Lipinski definition) is 1. The molecule has 0 aromatic carbocycles. The molecule has 2 aromatic rings. The second-order valence-electron chi connectivity index (χ2n) is 4.06. The first kappa shape index (κ1) is 11.8. The fourth-order valence-electron chi connectivity index (χ4n) is 1.64. The fourth-order valence-corrected chi connectivity index (χ4v) is 1.64. The van der Waals surface area contributed by atoms with E-state index in [1.165, 1.54) is 24.0 Å². The maximum Gasteiger partial charge on any atom is 0.413 e. The van der Waals surface area contributed by atoms with E-state index in [0.29, 0.717) is 11.0 Å². The molecule has 0 saturated carbocycles. The first-order valence-corrected chi connectivity index (χ1v) is 4.87. The Labute approximate surface area is 95.3 Å². The molecule has 2 aromatic heterocycles. The van der Waals surface area contributed by atoms with Gasteiger partial charge in [0.05, 0.1) is 11.7 Å². The van der Waals surface area contributed by atoms with Gasteiger partial charge in [-0.1, -0.05) is 0 Å². The van der Waals surface area contributed by atoms with Gasteiger partial charge in [-0.25, -0.2) is 4.98 Å². The molecule has 92 valence electrons. The summed E-state index contributed by atoms with van der Waals surface area (Å²) in [4.78, 5) is 7.72. The van der Waals surface area contributed by atoms with Crippen LogP contribution in [0.2, 0.25) is 0 Å². The molecule has 0 saturated heterocycles. The lowest BCUT2D eigenvalue weighted by Gasteiger charge is -2.26. The van der Waals surface area contributed by atoms with E-state index in [4.69, 9.17) is 5.73 Å². The van der Waals surface area contributed by atoms with E-state index in [1.54, 1.807) is 6.07 Å². The van der Waals surface area contributed by atoms with Gasteiger partial charge in [-0.15, -0.1) is 0 Å². The van der Waals surface area contributed by atoms with Crippen LogP contribution in [0.1, 0.15) is 12.7 Å². The van der Waals surface area contributed by atoms with Crippen molar-refractivity contribution in [3.63, 3.8) is 0 Å². The van der Waals surface area contributed by atoms with E-state index in [2.05, 4.69) is 9.97 Å². The van der Waals surface area contributed by atoms with Crippen molar-refractivity contribution >= 4 is 11.0 Å². The lowest BCUT2D eigenvalue weighted by Crippen LogP contribution is -2.49. The molecule has 0 fully saturated rings. The van der Waals surface area contributed by atoms with Crippen LogP contribution in [0.15, 0.2) is 18.5 Å². The van der Waals surface area contributed by atoms with E-state index < -0.39 is 11.7 Å². The van der Waals surface area contributed by atoms with Crippen molar-refractivity contribution in [2.45, 2.75) is 18.6 Å². The SMILES string of the molecule is Cn1c(C(C)(N)C(F)(F)F)nc2cnccc21. The largest absolute Gasteiger partial charge is 0.413 e. The van der Waals surface area contributed by atoms with Crippen LogP contribution in [-0.4, -0.2) is 20.7 Å². The summed E-state index contributed by atoms with van der Waals surface area (Å²) in [5.74, 6) is -0.229. The number of aryl methyl sites for hydroxylation is 1. The van der Waals surface area contributed by atoms with Gasteiger partial charge in [0.15, 0.2) is 5.54 Å². The smallest absolute Gasteiger partial charge is 0.329 e. The molecule has 1 atom stereocenters. The van der Waals surface area contributed by atoms with Crippen molar-refractivity contribution in [3.05, 3.63) is 24.3 Å². The third-order valence-electron chi connectivity index (χ3n) is 2.74. The number of nitrogens with zero attached hydrogens (tertiary/aromatic N) is 3. The summed E-state index contributed by atoms with van der Waals surface area (Å²) in [6.45, 7) is 0.904. The molecule has 0 aliphatic rings. The summed E-state index contributed by atoms with van der Waals surface area (Å²) < 4.78 is 39.8. The number of nitrogens with two attached hydrogens (primary N) is 1. The van der Waals surface area contributed by atoms with E-state index in [-0.39, 0.29) is 5.82 Å². The van der Waals surface area contributed by atoms with Crippen LogP contribution < -0.4 is 5.73 Å². The summed E-state index contributed by atoms with van der Waals surface area (Å²) in [5, 5.41) is 0. The number of pyridine rings is 1. The highest BCUT2D eigenvalue weighted by molar-refractivity contribution is 5.74. The summed E-state index contributed by atoms with van der Waals surface area (Å²) in [6, 6.07) is 1.60. The third kappa shape index (κ3) is 1.66. The number of aromatic nitrogens is 3. The number of imidazole rings is 1. The monoisotopic (exact) mass is 244 g/mol. The number of fused-ring (bicyclic) bond motifs is 1. The summed E-state index contributed by atoms with van der Waals surface area (Å²) in [6.07, 6.45) is -1.66. The van der Waals surface area contributed by atoms with E-state index in [1.807, 2.05) is 0 Å². The second kappa shape index (κ2) is 3.43. The zero-order chi connectivity index (χ0) is 12.8. The Morgan fingerprint density at radius 2 is 2.00 bits per heavy atom. The Hall–Kier alpha value is -1.63. The molecule has 0 radical (unpaired) electrons. The second-order valence-corrected chi connectivity index (χ2v) is 4.06. The van der Waals surface area contributed by atoms with Crippen LogP contribution in [0.3, 0.4) is 0 Å². The minimum atomic E-state index is -4.56. The first-order chi connectivity index (χ1) is 7.75. The fraction of sp³-hybridized carbons (Fsp3) is 0.400. The van der Waals surface area contributed by atoms with Crippen molar-refractivity contribution in [1.29, 1.82) is 0 Å². The van der Waals surface area contributed by atoms with Crippen molar-refractivity contribution in [2.24, 2.45) is 12.8 Å². The lowest BCUT2D eigenvalue weighted by atomic mass is 10.0. The van der Waals surface area contributed by atoms with E-state index in [9.17, 15) is 13.2 Å². The summed E-state index contributed by atoms with van der Waals surface area (Å²) in [7, 11) is 1.50. The van der Waals surface area contributed by atoms with Crippen LogP contribution in [-0.2, 0) is 12.6 Å². The Balaban J connectivity index is 2.68. The Morgan fingerprint density at radius 1 is 1.35 bits per heavy atom. The average molecular weight is 244 g/mol. The molecule has 1 unspecified atom stereocenters. The highest BCUT2D eigenvalue weighted by Gasteiger charge is 2.52. The van der Waals surface area contributed by atoms with Crippen molar-refractivity contribution in [1.82, 2.24) is 14.5 Å². The molecular formula is C10H11F3N4. The van der Waals surface area contributed by atoms with Gasteiger partial charge < -0.3 is 10.3 Å². The molecule has 0 aliphatic heterocycles. The predicted molar refractivity (Wildman–Crippen MR) is 56.1 cm³/mol. The Morgan fingerprint density at radius 3 is 2.53 bits per heavy atom. The van der Waals surface area contributed by atoms with Crippen LogP contribution in [0.25, 0.3) is 11.0 Å². The maximum absolute atomic E-state index is 12.8. The molecule has 2 heterocycles. The van der Waals surface area contributed by atoms with Crippen LogP contribution in [0.5, 0.6) is 0 Å². The molecule has 0 spiro atoms. The van der Waals surface area contributed by atoms with Gasteiger partial charge >= 0.3 is 6.18 Å². The number of hydrogen-bond acceptors (Lipinski definition) is 3. The van der Waals surface area contributed by atoms with Gasteiger partial charge in [-0.2, -0.15) is 13.2 Å². The number of alkyl halides is 3. The zero-order valence-electron chi connectivity index (χ0n) is 9.28. The lowest BCUT2D eigenvalue weighted by molar-refractivity contribution is -0.186. The van der Waals surface area contributed by atoms with Gasteiger partial charge in [-0.3, -0.25) is 4.98 Å². The molecule has 7 heteroatoms. The summed E-state index contributed by atoms with van der Waals surface area (Å²) >= 11 is 0. The van der Waals surface area contributed by atoms with Crippen LogP contribution >= 0.6 is 0 Å². The molecular weight excluding hydrogens is 233 g/mol. The molecule has 0 bridgehead atoms. The van der Waals surface area contributed by atoms with E-state index in [0.717, 1.165) is 6.92 Å². The molecule has 2 N–H and O–H groups in total. The van der Waals surface area contributed by atoms with Crippen LogP contribution in [0, 0.1) is 0 Å². The molecule has 17 heavy (non-hydrogen) atoms. The van der Waals surface area contributed by atoms with Gasteiger partial charge in [0.25, 0.3) is 0 Å².